The molecule has 0 N–H and O–H groups in total. The van der Waals surface area contributed by atoms with Crippen LogP contribution in [0.2, 0.25) is 0 Å². The number of rotatable bonds is 2. The molecule has 0 fully saturated rings. The van der Waals surface area contributed by atoms with E-state index < -0.39 is 0 Å². The van der Waals surface area contributed by atoms with Crippen molar-refractivity contribution in [2.24, 2.45) is 0 Å². The highest BCUT2D eigenvalue weighted by molar-refractivity contribution is 5.81. The Balaban J connectivity index is 1.80. The predicted molar refractivity (Wildman–Crippen MR) is 85.3 cm³/mol. The molecule has 0 amide bonds. The zero-order valence-electron chi connectivity index (χ0n) is 11.8. The van der Waals surface area contributed by atoms with Crippen molar-refractivity contribution in [3.05, 3.63) is 72.3 Å². The molecule has 0 aliphatic heterocycles. The Hall–Kier alpha value is -2.68. The van der Waals surface area contributed by atoms with Crippen molar-refractivity contribution in [3.8, 4) is 0 Å². The van der Waals surface area contributed by atoms with Crippen molar-refractivity contribution < 1.29 is 0 Å². The topological polar surface area (TPSA) is 30.7 Å². The second-order valence-corrected chi connectivity index (χ2v) is 5.24. The molecule has 0 bridgehead atoms. The molecule has 0 radical (unpaired) electrons. The van der Waals surface area contributed by atoms with E-state index in [4.69, 9.17) is 0 Å². The Kier molecular flexibility index (Phi) is 2.71. The standard InChI is InChI=1S/C18H15N3/c1-13-15-7-3-4-8-16(15)20-18(19-13)12-21-11-10-14-6-2-5-9-17(14)21/h2-11H,12H2,1H3. The number of nitrogens with zero attached hydrogens (tertiary/aromatic N) is 3. The maximum absolute atomic E-state index is 4.69. The molecule has 0 atom stereocenters. The van der Waals surface area contributed by atoms with Crippen molar-refractivity contribution in [3.63, 3.8) is 0 Å². The van der Waals surface area contributed by atoms with Gasteiger partial charge in [-0.15, -0.1) is 0 Å². The fraction of sp³-hybridized carbons (Fsp3) is 0.111. The molecule has 0 aliphatic carbocycles. The van der Waals surface area contributed by atoms with Crippen LogP contribution in [0.5, 0.6) is 0 Å². The molecular weight excluding hydrogens is 258 g/mol. The molecule has 21 heavy (non-hydrogen) atoms. The van der Waals surface area contributed by atoms with Crippen LogP contribution in [0.1, 0.15) is 11.5 Å². The van der Waals surface area contributed by atoms with Crippen molar-refractivity contribution in [1.29, 1.82) is 0 Å². The van der Waals surface area contributed by atoms with Gasteiger partial charge in [0.15, 0.2) is 0 Å². The Morgan fingerprint density at radius 3 is 2.67 bits per heavy atom. The second kappa shape index (κ2) is 4.70. The number of fused-ring (bicyclic) bond motifs is 2. The van der Waals surface area contributed by atoms with Crippen LogP contribution in [0.3, 0.4) is 0 Å². The molecule has 4 aromatic rings. The first kappa shape index (κ1) is 12.1. The molecule has 0 aliphatic rings. The highest BCUT2D eigenvalue weighted by Crippen LogP contribution is 2.18. The molecular formula is C18H15N3. The van der Waals surface area contributed by atoms with E-state index in [-0.39, 0.29) is 0 Å². The van der Waals surface area contributed by atoms with Gasteiger partial charge in [-0.05, 0) is 30.5 Å². The number of para-hydroxylation sites is 2. The first-order valence-electron chi connectivity index (χ1n) is 7.07. The van der Waals surface area contributed by atoms with Gasteiger partial charge in [0.05, 0.1) is 12.1 Å². The molecule has 2 heterocycles. The van der Waals surface area contributed by atoms with Crippen LogP contribution >= 0.6 is 0 Å². The van der Waals surface area contributed by atoms with E-state index >= 15 is 0 Å². The summed E-state index contributed by atoms with van der Waals surface area (Å²) in [5, 5.41) is 2.37. The minimum absolute atomic E-state index is 0.694. The van der Waals surface area contributed by atoms with E-state index in [1.807, 2.05) is 25.1 Å². The summed E-state index contributed by atoms with van der Waals surface area (Å²) in [6.45, 7) is 2.74. The van der Waals surface area contributed by atoms with Crippen LogP contribution in [0.25, 0.3) is 21.8 Å². The van der Waals surface area contributed by atoms with Gasteiger partial charge in [0.2, 0.25) is 0 Å². The van der Waals surface area contributed by atoms with Gasteiger partial charge in [-0.2, -0.15) is 0 Å². The fourth-order valence-corrected chi connectivity index (χ4v) is 2.80. The number of benzene rings is 2. The van der Waals surface area contributed by atoms with Gasteiger partial charge in [0.25, 0.3) is 0 Å². The van der Waals surface area contributed by atoms with E-state index in [9.17, 15) is 0 Å². The summed E-state index contributed by atoms with van der Waals surface area (Å²) in [5.74, 6) is 0.854. The summed E-state index contributed by atoms with van der Waals surface area (Å²) >= 11 is 0. The van der Waals surface area contributed by atoms with Crippen LogP contribution in [-0.4, -0.2) is 14.5 Å². The monoisotopic (exact) mass is 273 g/mol. The number of hydrogen-bond acceptors (Lipinski definition) is 2. The SMILES string of the molecule is Cc1nc(Cn2ccc3ccccc32)nc2ccccc12. The first-order chi connectivity index (χ1) is 10.3. The fourth-order valence-electron chi connectivity index (χ4n) is 2.80. The molecule has 0 saturated heterocycles. The Labute approximate surface area is 122 Å². The molecule has 3 heteroatoms. The van der Waals surface area contributed by atoms with Gasteiger partial charge in [0.1, 0.15) is 5.82 Å². The molecule has 4 rings (SSSR count). The third kappa shape index (κ3) is 2.07. The zero-order valence-corrected chi connectivity index (χ0v) is 11.8. The van der Waals surface area contributed by atoms with E-state index in [1.165, 1.54) is 10.9 Å². The zero-order chi connectivity index (χ0) is 14.2. The lowest BCUT2D eigenvalue weighted by Crippen LogP contribution is -2.04. The molecule has 102 valence electrons. The summed E-state index contributed by atoms with van der Waals surface area (Å²) in [5.41, 5.74) is 3.26. The van der Waals surface area contributed by atoms with E-state index in [2.05, 4.69) is 57.1 Å². The normalized spacial score (nSPS) is 11.3. The largest absolute Gasteiger partial charge is 0.340 e. The molecule has 2 aromatic carbocycles. The summed E-state index contributed by atoms with van der Waals surface area (Å²) in [7, 11) is 0. The van der Waals surface area contributed by atoms with E-state index in [0.717, 1.165) is 22.4 Å². The van der Waals surface area contributed by atoms with Crippen LogP contribution in [0.4, 0.5) is 0 Å². The summed E-state index contributed by atoms with van der Waals surface area (Å²) in [4.78, 5) is 9.34. The minimum atomic E-state index is 0.694. The smallest absolute Gasteiger partial charge is 0.148 e. The van der Waals surface area contributed by atoms with Crippen molar-refractivity contribution >= 4 is 21.8 Å². The Morgan fingerprint density at radius 1 is 0.905 bits per heavy atom. The maximum Gasteiger partial charge on any atom is 0.148 e. The van der Waals surface area contributed by atoms with Crippen LogP contribution in [-0.2, 0) is 6.54 Å². The van der Waals surface area contributed by atoms with E-state index in [0.29, 0.717) is 6.54 Å². The molecule has 0 unspecified atom stereocenters. The van der Waals surface area contributed by atoms with Crippen LogP contribution in [0, 0.1) is 6.92 Å². The summed E-state index contributed by atoms with van der Waals surface area (Å²) in [6.07, 6.45) is 2.10. The van der Waals surface area contributed by atoms with Crippen molar-refractivity contribution in [2.75, 3.05) is 0 Å². The lowest BCUT2D eigenvalue weighted by Gasteiger charge is -2.07. The van der Waals surface area contributed by atoms with Gasteiger partial charge in [-0.3, -0.25) is 0 Å². The maximum atomic E-state index is 4.69. The average Bonchev–Trinajstić information content (AvgIpc) is 2.91. The number of hydrogen-bond donors (Lipinski definition) is 0. The highest BCUT2D eigenvalue weighted by Gasteiger charge is 2.06. The van der Waals surface area contributed by atoms with Crippen molar-refractivity contribution in [1.82, 2.24) is 14.5 Å². The molecule has 0 saturated carbocycles. The Bertz CT molecular complexity index is 937. The minimum Gasteiger partial charge on any atom is -0.340 e. The van der Waals surface area contributed by atoms with E-state index in [1.54, 1.807) is 0 Å². The Morgan fingerprint density at radius 2 is 1.71 bits per heavy atom. The van der Waals surface area contributed by atoms with Gasteiger partial charge in [-0.1, -0.05) is 36.4 Å². The summed E-state index contributed by atoms with van der Waals surface area (Å²) in [6, 6.07) is 18.7. The predicted octanol–water partition coefficient (Wildman–Crippen LogP) is 3.94. The highest BCUT2D eigenvalue weighted by atomic mass is 15.0. The third-order valence-electron chi connectivity index (χ3n) is 3.83. The number of aryl methyl sites for hydroxylation is 1. The molecule has 3 nitrogen and oxygen atoms in total. The average molecular weight is 273 g/mol. The van der Waals surface area contributed by atoms with Crippen LogP contribution < -0.4 is 0 Å². The lowest BCUT2D eigenvalue weighted by molar-refractivity contribution is 0.773. The van der Waals surface area contributed by atoms with Crippen LogP contribution in [0.15, 0.2) is 60.8 Å². The second-order valence-electron chi connectivity index (χ2n) is 5.24. The van der Waals surface area contributed by atoms with Gasteiger partial charge < -0.3 is 4.57 Å². The quantitative estimate of drug-likeness (QED) is 0.554. The summed E-state index contributed by atoms with van der Waals surface area (Å²) < 4.78 is 2.19. The van der Waals surface area contributed by atoms with Gasteiger partial charge in [0, 0.05) is 22.8 Å². The van der Waals surface area contributed by atoms with Crippen molar-refractivity contribution in [2.45, 2.75) is 13.5 Å². The number of aromatic nitrogens is 3. The lowest BCUT2D eigenvalue weighted by atomic mass is 10.2. The third-order valence-corrected chi connectivity index (χ3v) is 3.83. The first-order valence-corrected chi connectivity index (χ1v) is 7.07. The van der Waals surface area contributed by atoms with Gasteiger partial charge >= 0.3 is 0 Å². The molecule has 0 spiro atoms. The van der Waals surface area contributed by atoms with Gasteiger partial charge in [-0.25, -0.2) is 9.97 Å². The molecule has 2 aromatic heterocycles.